The third-order valence-corrected chi connectivity index (χ3v) is 12.2. The van der Waals surface area contributed by atoms with E-state index in [2.05, 4.69) is 23.3 Å². The highest BCUT2D eigenvalue weighted by atomic mass is 32.2. The van der Waals surface area contributed by atoms with Gasteiger partial charge in [-0.25, -0.2) is 4.79 Å². The molecule has 1 heterocycles. The number of aliphatic hydroxyl groups excluding tert-OH is 2. The number of amides is 2. The maximum absolute atomic E-state index is 12.7. The summed E-state index contributed by atoms with van der Waals surface area (Å²) < 4.78 is 20.0. The average molecular weight is 798 g/mol. The smallest absolute Gasteiger partial charge is 0.412 e. The molecular weight excluding hydrogens is 743 g/mol. The fourth-order valence-electron chi connectivity index (χ4n) is 8.52. The lowest BCUT2D eigenvalue weighted by molar-refractivity contribution is -0.223. The molecule has 3 aromatic rings. The number of oxime groups is 1. The number of fused-ring (bicyclic) bond motifs is 2. The molecule has 6 atom stereocenters. The van der Waals surface area contributed by atoms with Gasteiger partial charge in [0.05, 0.1) is 23.5 Å². The SMILES string of the molecule is C=CCOC12Oc3ccc(OC(=O)NCC)cc3C3C(CCCCO)C(CCCCO)C=C(C(=NOCc4ccccc4)CC1Sc1ccc(NC(C)=O)cc1)C32. The minimum absolute atomic E-state index is 0.0882. The molecule has 57 heavy (non-hydrogen) atoms. The van der Waals surface area contributed by atoms with E-state index in [-0.39, 0.29) is 54.6 Å². The Labute approximate surface area is 339 Å². The Morgan fingerprint density at radius 2 is 1.77 bits per heavy atom. The number of hydrogen-bond donors (Lipinski definition) is 4. The van der Waals surface area contributed by atoms with Crippen molar-refractivity contribution in [2.75, 3.05) is 31.7 Å². The summed E-state index contributed by atoms with van der Waals surface area (Å²) in [6, 6.07) is 23.2. The Hall–Kier alpha value is -4.62. The number of allylic oxidation sites excluding steroid dienone is 1. The first-order valence-electron chi connectivity index (χ1n) is 20.0. The molecule has 304 valence electrons. The summed E-state index contributed by atoms with van der Waals surface area (Å²) in [4.78, 5) is 31.6. The molecule has 12 heteroatoms. The monoisotopic (exact) mass is 797 g/mol. The lowest BCUT2D eigenvalue weighted by Crippen LogP contribution is -2.64. The lowest BCUT2D eigenvalue weighted by atomic mass is 9.56. The molecule has 1 fully saturated rings. The van der Waals surface area contributed by atoms with Crippen LogP contribution in [0.1, 0.15) is 75.8 Å². The predicted octanol–water partition coefficient (Wildman–Crippen LogP) is 8.38. The first-order valence-corrected chi connectivity index (χ1v) is 20.9. The molecule has 3 aliphatic rings. The van der Waals surface area contributed by atoms with E-state index in [1.165, 1.54) is 6.92 Å². The van der Waals surface area contributed by atoms with Crippen LogP contribution in [0.5, 0.6) is 11.5 Å². The van der Waals surface area contributed by atoms with Crippen molar-refractivity contribution >= 4 is 35.2 Å². The standard InChI is InChI=1S/C45H55N3O8S/c1-4-25-53-45-41(57-35-20-17-33(18-21-35)47-30(3)51)28-39(48-54-29-31-13-7-6-8-14-31)37-26-32(15-9-11-23-49)36(16-10-12-24-50)42(43(37)45)38-27-34(19-22-40(38)56-45)55-44(52)46-5-2/h4,6-8,13-14,17-22,26-27,32,36,41-43,49-50H,1,5,9-12,15-16,23-25,28-29H2,2-3H3,(H,46,52)(H,47,51). The second kappa shape index (κ2) is 20.2. The number of ether oxygens (including phenoxy) is 3. The van der Waals surface area contributed by atoms with Gasteiger partial charge in [0.15, 0.2) is 0 Å². The van der Waals surface area contributed by atoms with Crippen LogP contribution in [-0.4, -0.2) is 65.3 Å². The molecule has 1 aliphatic heterocycles. The second-order valence-corrected chi connectivity index (χ2v) is 16.0. The van der Waals surface area contributed by atoms with E-state index in [9.17, 15) is 19.8 Å². The molecular formula is C45H55N3O8S. The first-order chi connectivity index (χ1) is 27.8. The number of benzene rings is 3. The highest BCUT2D eigenvalue weighted by Gasteiger charge is 2.64. The van der Waals surface area contributed by atoms with Crippen LogP contribution in [0.3, 0.4) is 0 Å². The molecule has 3 aromatic carbocycles. The normalized spacial score (nSPS) is 24.0. The number of unbranched alkanes of at least 4 members (excludes halogenated alkanes) is 2. The number of thioether (sulfide) groups is 1. The Morgan fingerprint density at radius 3 is 2.47 bits per heavy atom. The van der Waals surface area contributed by atoms with Crippen molar-refractivity contribution in [2.45, 2.75) is 87.3 Å². The van der Waals surface area contributed by atoms with Gasteiger partial charge in [-0.1, -0.05) is 60.5 Å². The fourth-order valence-corrected chi connectivity index (χ4v) is 9.81. The van der Waals surface area contributed by atoms with Crippen LogP contribution in [0.2, 0.25) is 0 Å². The van der Waals surface area contributed by atoms with Gasteiger partial charge in [-0.05, 0) is 98.0 Å². The molecule has 6 rings (SSSR count). The Bertz CT molecular complexity index is 1890. The summed E-state index contributed by atoms with van der Waals surface area (Å²) in [5.74, 6) is -0.608. The van der Waals surface area contributed by atoms with Gasteiger partial charge in [0.1, 0.15) is 18.1 Å². The first kappa shape index (κ1) is 42.0. The van der Waals surface area contributed by atoms with E-state index in [1.54, 1.807) is 23.9 Å². The van der Waals surface area contributed by atoms with E-state index in [1.807, 2.05) is 73.7 Å². The summed E-state index contributed by atoms with van der Waals surface area (Å²) in [6.45, 7) is 8.52. The van der Waals surface area contributed by atoms with Crippen molar-refractivity contribution in [3.8, 4) is 11.5 Å². The zero-order valence-corrected chi connectivity index (χ0v) is 33.7. The van der Waals surface area contributed by atoms with Crippen molar-refractivity contribution in [3.63, 3.8) is 0 Å². The van der Waals surface area contributed by atoms with Gasteiger partial charge in [-0.2, -0.15) is 0 Å². The Kier molecular flexibility index (Phi) is 14.9. The number of nitrogens with one attached hydrogen (secondary N) is 2. The van der Waals surface area contributed by atoms with Crippen molar-refractivity contribution in [1.82, 2.24) is 5.32 Å². The minimum Gasteiger partial charge on any atom is -0.460 e. The zero-order valence-electron chi connectivity index (χ0n) is 32.9. The summed E-state index contributed by atoms with van der Waals surface area (Å²) in [6.07, 6.45) is 8.71. The van der Waals surface area contributed by atoms with Crippen LogP contribution in [0.25, 0.3) is 0 Å². The van der Waals surface area contributed by atoms with Crippen molar-refractivity contribution in [1.29, 1.82) is 0 Å². The number of hydrogen-bond acceptors (Lipinski definition) is 10. The van der Waals surface area contributed by atoms with Crippen LogP contribution in [0.4, 0.5) is 10.5 Å². The highest BCUT2D eigenvalue weighted by Crippen LogP contribution is 2.63. The number of carbonyl (C=O) groups is 2. The Balaban J connectivity index is 1.53. The van der Waals surface area contributed by atoms with Gasteiger partial charge < -0.3 is 39.9 Å². The van der Waals surface area contributed by atoms with E-state index in [4.69, 9.17) is 24.2 Å². The van der Waals surface area contributed by atoms with E-state index >= 15 is 0 Å². The van der Waals surface area contributed by atoms with Crippen molar-refractivity contribution < 1.29 is 38.9 Å². The lowest BCUT2D eigenvalue weighted by Gasteiger charge is -2.58. The summed E-state index contributed by atoms with van der Waals surface area (Å²) in [5.41, 5.74) is 4.44. The van der Waals surface area contributed by atoms with E-state index in [0.717, 1.165) is 53.0 Å². The summed E-state index contributed by atoms with van der Waals surface area (Å²) in [5, 5.41) is 29.9. The number of nitrogens with zero attached hydrogens (tertiary/aromatic N) is 1. The van der Waals surface area contributed by atoms with Crippen LogP contribution in [-0.2, 0) is 21.0 Å². The third kappa shape index (κ3) is 10.1. The van der Waals surface area contributed by atoms with Crippen LogP contribution >= 0.6 is 11.8 Å². The molecule has 0 bridgehead atoms. The molecule has 6 unspecified atom stereocenters. The molecule has 2 amide bonds. The molecule has 0 radical (unpaired) electrons. The fraction of sp³-hybridized carbons (Fsp3) is 0.444. The molecule has 0 aromatic heterocycles. The largest absolute Gasteiger partial charge is 0.460 e. The predicted molar refractivity (Wildman–Crippen MR) is 222 cm³/mol. The maximum Gasteiger partial charge on any atom is 0.412 e. The number of anilines is 1. The molecule has 4 N–H and O–H groups in total. The maximum atomic E-state index is 12.7. The Morgan fingerprint density at radius 1 is 1.02 bits per heavy atom. The second-order valence-electron chi connectivity index (χ2n) is 14.7. The quantitative estimate of drug-likeness (QED) is 0.0534. The van der Waals surface area contributed by atoms with Gasteiger partial charge in [-0.3, -0.25) is 4.79 Å². The number of rotatable bonds is 19. The van der Waals surface area contributed by atoms with Crippen molar-refractivity contribution in [2.24, 2.45) is 22.9 Å². The van der Waals surface area contributed by atoms with Gasteiger partial charge in [0.25, 0.3) is 0 Å². The van der Waals surface area contributed by atoms with E-state index < -0.39 is 11.9 Å². The molecule has 0 saturated heterocycles. The number of carbonyl (C=O) groups excluding carboxylic acids is 2. The zero-order chi connectivity index (χ0) is 40.2. The third-order valence-electron chi connectivity index (χ3n) is 10.9. The van der Waals surface area contributed by atoms with Gasteiger partial charge in [0.2, 0.25) is 11.7 Å². The van der Waals surface area contributed by atoms with Gasteiger partial charge in [0, 0.05) is 55.2 Å². The van der Waals surface area contributed by atoms with Crippen LogP contribution in [0.15, 0.2) is 107 Å². The topological polar surface area (TPSA) is 148 Å². The van der Waals surface area contributed by atoms with Crippen molar-refractivity contribution in [3.05, 3.63) is 108 Å². The van der Waals surface area contributed by atoms with Crippen LogP contribution in [0, 0.1) is 17.8 Å². The molecule has 0 spiro atoms. The molecule has 2 aliphatic carbocycles. The van der Waals surface area contributed by atoms with Gasteiger partial charge in [-0.15, -0.1) is 18.3 Å². The highest BCUT2D eigenvalue weighted by molar-refractivity contribution is 8.00. The van der Waals surface area contributed by atoms with Gasteiger partial charge >= 0.3 is 6.09 Å². The molecule has 11 nitrogen and oxygen atoms in total. The minimum atomic E-state index is -1.19. The molecule has 1 saturated carbocycles. The van der Waals surface area contributed by atoms with Crippen LogP contribution < -0.4 is 20.1 Å². The summed E-state index contributed by atoms with van der Waals surface area (Å²) in [7, 11) is 0. The van der Waals surface area contributed by atoms with E-state index in [0.29, 0.717) is 49.6 Å². The number of aliphatic hydroxyl groups is 2. The average Bonchev–Trinajstić information content (AvgIpc) is 3.20. The summed E-state index contributed by atoms with van der Waals surface area (Å²) >= 11 is 1.63.